The molecule has 8 nitrogen and oxygen atoms in total. The van der Waals surface area contributed by atoms with Crippen LogP contribution in [0.4, 0.5) is 0 Å². The Morgan fingerprint density at radius 1 is 1.12 bits per heavy atom. The zero-order valence-electron chi connectivity index (χ0n) is 14.3. The lowest BCUT2D eigenvalue weighted by molar-refractivity contribution is 0.0843. The zero-order valence-corrected chi connectivity index (χ0v) is 15.9. The van der Waals surface area contributed by atoms with Crippen molar-refractivity contribution in [3.63, 3.8) is 0 Å². The minimum absolute atomic E-state index is 0.163. The first-order chi connectivity index (χ1) is 11.9. The first-order valence-electron chi connectivity index (χ1n) is 7.45. The number of carbonyl (C=O) groups is 2. The number of carbonyl (C=O) groups excluding carboxylic acids is 2. The van der Waals surface area contributed by atoms with Gasteiger partial charge in [0.1, 0.15) is 0 Å². The SMILES string of the molecule is COc1ccc(C(=O)NNC(=O)c2n[nH]c(C(C)C)c2Br)cc1OC. The molecule has 0 fully saturated rings. The molecule has 1 aromatic heterocycles. The number of nitrogens with zero attached hydrogens (tertiary/aromatic N) is 1. The molecule has 0 atom stereocenters. The van der Waals surface area contributed by atoms with E-state index in [4.69, 9.17) is 9.47 Å². The average molecular weight is 411 g/mol. The summed E-state index contributed by atoms with van der Waals surface area (Å²) in [7, 11) is 2.98. The molecule has 1 aromatic carbocycles. The lowest BCUT2D eigenvalue weighted by Crippen LogP contribution is -2.41. The number of methoxy groups -OCH3 is 2. The van der Waals surface area contributed by atoms with Gasteiger partial charge in [0.2, 0.25) is 0 Å². The molecule has 0 saturated carbocycles. The standard InChI is InChI=1S/C16H19BrN4O4/c1-8(2)13-12(17)14(19-18-13)16(23)21-20-15(22)9-5-6-10(24-3)11(7-9)25-4/h5-8H,1-4H3,(H,18,19)(H,20,22)(H,21,23). The highest BCUT2D eigenvalue weighted by atomic mass is 79.9. The molecular formula is C16H19BrN4O4. The summed E-state index contributed by atoms with van der Waals surface area (Å²) in [6.07, 6.45) is 0. The maximum absolute atomic E-state index is 12.2. The maximum Gasteiger partial charge on any atom is 0.291 e. The topological polar surface area (TPSA) is 105 Å². The molecule has 9 heteroatoms. The molecule has 2 rings (SSSR count). The summed E-state index contributed by atoms with van der Waals surface area (Å²) >= 11 is 3.34. The molecule has 0 radical (unpaired) electrons. The van der Waals surface area contributed by atoms with Gasteiger partial charge in [0.25, 0.3) is 11.8 Å². The largest absolute Gasteiger partial charge is 0.493 e. The van der Waals surface area contributed by atoms with Crippen LogP contribution in [0, 0.1) is 0 Å². The molecule has 2 amide bonds. The summed E-state index contributed by atoms with van der Waals surface area (Å²) < 4.78 is 10.8. The second-order valence-corrected chi connectivity index (χ2v) is 6.23. The van der Waals surface area contributed by atoms with E-state index in [0.717, 1.165) is 5.69 Å². The van der Waals surface area contributed by atoms with Crippen molar-refractivity contribution in [3.05, 3.63) is 39.6 Å². The highest BCUT2D eigenvalue weighted by molar-refractivity contribution is 9.10. The Kier molecular flexibility index (Phi) is 6.02. The van der Waals surface area contributed by atoms with Crippen molar-refractivity contribution in [2.24, 2.45) is 0 Å². The normalized spacial score (nSPS) is 10.5. The van der Waals surface area contributed by atoms with Crippen LogP contribution < -0.4 is 20.3 Å². The Hall–Kier alpha value is -2.55. The van der Waals surface area contributed by atoms with Gasteiger partial charge in [-0.05, 0) is 40.0 Å². The number of H-pyrrole nitrogens is 1. The third-order valence-electron chi connectivity index (χ3n) is 3.46. The van der Waals surface area contributed by atoms with Gasteiger partial charge >= 0.3 is 0 Å². The lowest BCUT2D eigenvalue weighted by atomic mass is 10.1. The van der Waals surface area contributed by atoms with E-state index in [9.17, 15) is 9.59 Å². The van der Waals surface area contributed by atoms with Crippen LogP contribution >= 0.6 is 15.9 Å². The van der Waals surface area contributed by atoms with Gasteiger partial charge in [0.15, 0.2) is 17.2 Å². The van der Waals surface area contributed by atoms with E-state index in [2.05, 4.69) is 37.0 Å². The van der Waals surface area contributed by atoms with E-state index in [1.54, 1.807) is 12.1 Å². The Balaban J connectivity index is 2.06. The Morgan fingerprint density at radius 2 is 1.76 bits per heavy atom. The van der Waals surface area contributed by atoms with Gasteiger partial charge in [0.05, 0.1) is 24.4 Å². The number of benzene rings is 1. The zero-order chi connectivity index (χ0) is 18.6. The minimum Gasteiger partial charge on any atom is -0.493 e. The van der Waals surface area contributed by atoms with Crippen molar-refractivity contribution in [1.82, 2.24) is 21.0 Å². The molecular weight excluding hydrogens is 392 g/mol. The third kappa shape index (κ3) is 4.11. The van der Waals surface area contributed by atoms with E-state index in [0.29, 0.717) is 21.5 Å². The van der Waals surface area contributed by atoms with Gasteiger partial charge in [-0.3, -0.25) is 25.5 Å². The maximum atomic E-state index is 12.2. The minimum atomic E-state index is -0.538. The van der Waals surface area contributed by atoms with Gasteiger partial charge in [0, 0.05) is 5.56 Å². The Morgan fingerprint density at radius 3 is 2.32 bits per heavy atom. The summed E-state index contributed by atoms with van der Waals surface area (Å²) in [5, 5.41) is 6.77. The van der Waals surface area contributed by atoms with Crippen LogP contribution in [0.3, 0.4) is 0 Å². The third-order valence-corrected chi connectivity index (χ3v) is 4.26. The van der Waals surface area contributed by atoms with Crippen LogP contribution in [0.1, 0.15) is 46.3 Å². The fourth-order valence-electron chi connectivity index (χ4n) is 2.10. The highest BCUT2D eigenvalue weighted by Crippen LogP contribution is 2.27. The molecule has 0 bridgehead atoms. The van der Waals surface area contributed by atoms with Crippen LogP contribution in [-0.4, -0.2) is 36.2 Å². The van der Waals surface area contributed by atoms with E-state index < -0.39 is 11.8 Å². The van der Waals surface area contributed by atoms with E-state index in [1.807, 2.05) is 13.8 Å². The summed E-state index contributed by atoms with van der Waals surface area (Å²) in [4.78, 5) is 24.4. The highest BCUT2D eigenvalue weighted by Gasteiger charge is 2.20. The summed E-state index contributed by atoms with van der Waals surface area (Å²) in [5.74, 6) is 0.0570. The fraction of sp³-hybridized carbons (Fsp3) is 0.312. The number of hydrogen-bond donors (Lipinski definition) is 3. The lowest BCUT2D eigenvalue weighted by Gasteiger charge is -2.10. The van der Waals surface area contributed by atoms with Crippen LogP contribution in [0.5, 0.6) is 11.5 Å². The van der Waals surface area contributed by atoms with Crippen molar-refractivity contribution < 1.29 is 19.1 Å². The van der Waals surface area contributed by atoms with Crippen molar-refractivity contribution in [1.29, 1.82) is 0 Å². The molecule has 0 unspecified atom stereocenters. The second-order valence-electron chi connectivity index (χ2n) is 5.43. The van der Waals surface area contributed by atoms with Crippen LogP contribution in [0.25, 0.3) is 0 Å². The van der Waals surface area contributed by atoms with E-state index in [-0.39, 0.29) is 11.6 Å². The van der Waals surface area contributed by atoms with Gasteiger partial charge in [-0.15, -0.1) is 0 Å². The molecule has 1 heterocycles. The molecule has 0 aliphatic heterocycles. The van der Waals surface area contributed by atoms with Gasteiger partial charge in [-0.1, -0.05) is 13.8 Å². The number of halogens is 1. The number of hydrazine groups is 1. The second kappa shape index (κ2) is 8.02. The van der Waals surface area contributed by atoms with Gasteiger partial charge in [-0.25, -0.2) is 0 Å². The fourth-order valence-corrected chi connectivity index (χ4v) is 2.91. The Bertz CT molecular complexity index is 788. The molecule has 0 saturated heterocycles. The number of ether oxygens (including phenoxy) is 2. The summed E-state index contributed by atoms with van der Waals surface area (Å²) in [5.41, 5.74) is 5.95. The average Bonchev–Trinajstić information content (AvgIpc) is 3.00. The number of amides is 2. The predicted octanol–water partition coefficient (Wildman–Crippen LogP) is 2.39. The van der Waals surface area contributed by atoms with Gasteiger partial charge in [-0.2, -0.15) is 5.10 Å². The first-order valence-corrected chi connectivity index (χ1v) is 8.24. The molecule has 3 N–H and O–H groups in total. The molecule has 0 spiro atoms. The molecule has 0 aliphatic carbocycles. The van der Waals surface area contributed by atoms with Crippen LogP contribution in [0.15, 0.2) is 22.7 Å². The molecule has 134 valence electrons. The predicted molar refractivity (Wildman–Crippen MR) is 94.9 cm³/mol. The number of nitrogens with one attached hydrogen (secondary N) is 3. The van der Waals surface area contributed by atoms with Crippen molar-refractivity contribution in [3.8, 4) is 11.5 Å². The van der Waals surface area contributed by atoms with Crippen molar-refractivity contribution >= 4 is 27.7 Å². The Labute approximate surface area is 153 Å². The van der Waals surface area contributed by atoms with Crippen molar-refractivity contribution in [2.75, 3.05) is 14.2 Å². The molecule has 2 aromatic rings. The molecule has 25 heavy (non-hydrogen) atoms. The number of rotatable bonds is 5. The van der Waals surface area contributed by atoms with E-state index >= 15 is 0 Å². The monoisotopic (exact) mass is 410 g/mol. The van der Waals surface area contributed by atoms with E-state index in [1.165, 1.54) is 20.3 Å². The smallest absolute Gasteiger partial charge is 0.291 e. The number of aromatic nitrogens is 2. The summed E-state index contributed by atoms with van der Waals surface area (Å²) in [6.45, 7) is 3.94. The van der Waals surface area contributed by atoms with Crippen LogP contribution in [0.2, 0.25) is 0 Å². The quantitative estimate of drug-likeness (QED) is 0.656. The van der Waals surface area contributed by atoms with Crippen molar-refractivity contribution in [2.45, 2.75) is 19.8 Å². The molecule has 0 aliphatic rings. The summed E-state index contributed by atoms with van der Waals surface area (Å²) in [6, 6.07) is 4.68. The van der Waals surface area contributed by atoms with Crippen LogP contribution in [-0.2, 0) is 0 Å². The first kappa shape index (κ1) is 18.8. The number of hydrogen-bond acceptors (Lipinski definition) is 5. The number of aromatic amines is 1. The van der Waals surface area contributed by atoms with Gasteiger partial charge < -0.3 is 9.47 Å².